The molecular weight excluding hydrogens is 468 g/mol. The van der Waals surface area contributed by atoms with Gasteiger partial charge in [-0.05, 0) is 57.2 Å². The molecule has 4 rings (SSSR count). The zero-order valence-corrected chi connectivity index (χ0v) is 22.0. The predicted octanol–water partition coefficient (Wildman–Crippen LogP) is 2.76. The Hall–Kier alpha value is -2.97. The lowest BCUT2D eigenvalue weighted by atomic mass is 9.73. The van der Waals surface area contributed by atoms with Crippen molar-refractivity contribution >= 4 is 17.7 Å². The molecule has 3 aliphatic rings. The van der Waals surface area contributed by atoms with Crippen LogP contribution in [0.25, 0.3) is 0 Å². The number of rotatable bonds is 9. The summed E-state index contributed by atoms with van der Waals surface area (Å²) in [5.41, 5.74) is 1.80. The van der Waals surface area contributed by atoms with Crippen molar-refractivity contribution in [2.24, 2.45) is 5.41 Å². The van der Waals surface area contributed by atoms with E-state index in [2.05, 4.69) is 41.2 Å². The third-order valence-electron chi connectivity index (χ3n) is 8.20. The van der Waals surface area contributed by atoms with Gasteiger partial charge in [-0.1, -0.05) is 36.4 Å². The first-order chi connectivity index (χ1) is 17.8. The van der Waals surface area contributed by atoms with Crippen molar-refractivity contribution in [2.75, 3.05) is 13.7 Å². The number of likely N-dealkylation sites (N-methyl/N-ethyl adjacent to an activating group) is 1. The number of nitrogens with one attached hydrogen (secondary N) is 3. The molecule has 0 bridgehead atoms. The van der Waals surface area contributed by atoms with Gasteiger partial charge in [-0.2, -0.15) is 0 Å². The lowest BCUT2D eigenvalue weighted by Crippen LogP contribution is -2.59. The maximum absolute atomic E-state index is 14.2. The SMILES string of the molecule is C=CCC1(CC=C)C[C@@H]2OCC[C@H](NC(=O)C(C)NC)C(=O)N2C1C(=O)N[C@@H]1CCCc2ccccc21. The highest BCUT2D eigenvalue weighted by Gasteiger charge is 2.58. The number of nitrogens with zero attached hydrogens (tertiary/aromatic N) is 1. The first-order valence-corrected chi connectivity index (χ1v) is 13.4. The maximum Gasteiger partial charge on any atom is 0.247 e. The summed E-state index contributed by atoms with van der Waals surface area (Å²) in [5.74, 6) is -0.736. The fourth-order valence-corrected chi connectivity index (χ4v) is 6.22. The van der Waals surface area contributed by atoms with E-state index in [0.29, 0.717) is 32.3 Å². The molecule has 37 heavy (non-hydrogen) atoms. The Balaban J connectivity index is 1.67. The van der Waals surface area contributed by atoms with E-state index >= 15 is 0 Å². The normalized spacial score (nSPS) is 27.3. The van der Waals surface area contributed by atoms with Gasteiger partial charge in [0.15, 0.2) is 0 Å². The topological polar surface area (TPSA) is 99.8 Å². The molecule has 2 unspecified atom stereocenters. The highest BCUT2D eigenvalue weighted by atomic mass is 16.5. The number of fused-ring (bicyclic) bond motifs is 2. The van der Waals surface area contributed by atoms with Crippen LogP contribution < -0.4 is 16.0 Å². The highest BCUT2D eigenvalue weighted by molar-refractivity contribution is 5.94. The molecule has 2 fully saturated rings. The number of ether oxygens (including phenoxy) is 1. The molecule has 2 aliphatic heterocycles. The fourth-order valence-electron chi connectivity index (χ4n) is 6.22. The van der Waals surface area contributed by atoms with Crippen LogP contribution in [0.4, 0.5) is 0 Å². The summed E-state index contributed by atoms with van der Waals surface area (Å²) < 4.78 is 6.16. The standard InChI is InChI=1S/C29H40N4O4/c1-5-15-29(16-6-2)18-24-33(28(36)23(14-17-37-24)32-26(34)19(3)30-4)25(29)27(35)31-22-13-9-11-20-10-7-8-12-21(20)22/h5-8,10,12,19,22-25,30H,1-2,9,11,13-18H2,3-4H3,(H,31,35)(H,32,34)/t19?,22-,23+,24+,25?/m1/s1. The van der Waals surface area contributed by atoms with Crippen LogP contribution in [0.5, 0.6) is 0 Å². The van der Waals surface area contributed by atoms with Gasteiger partial charge in [-0.3, -0.25) is 14.4 Å². The van der Waals surface area contributed by atoms with Gasteiger partial charge in [-0.15, -0.1) is 13.2 Å². The van der Waals surface area contributed by atoms with Gasteiger partial charge < -0.3 is 25.6 Å². The van der Waals surface area contributed by atoms with E-state index in [4.69, 9.17) is 4.74 Å². The molecule has 0 saturated carbocycles. The summed E-state index contributed by atoms with van der Waals surface area (Å²) >= 11 is 0. The molecule has 2 heterocycles. The molecule has 1 aliphatic carbocycles. The quantitative estimate of drug-likeness (QED) is 0.446. The summed E-state index contributed by atoms with van der Waals surface area (Å²) in [5, 5.41) is 9.07. The molecule has 0 spiro atoms. The Morgan fingerprint density at radius 1 is 1.16 bits per heavy atom. The second kappa shape index (κ2) is 11.6. The Bertz CT molecular complexity index is 1030. The molecule has 0 aromatic heterocycles. The van der Waals surface area contributed by atoms with Crippen LogP contribution in [0.1, 0.15) is 62.6 Å². The van der Waals surface area contributed by atoms with E-state index < -0.39 is 29.8 Å². The van der Waals surface area contributed by atoms with E-state index in [-0.39, 0.29) is 23.8 Å². The molecule has 200 valence electrons. The second-order valence-electron chi connectivity index (χ2n) is 10.5. The van der Waals surface area contributed by atoms with Crippen LogP contribution in [-0.4, -0.2) is 60.6 Å². The summed E-state index contributed by atoms with van der Waals surface area (Å²) in [6.07, 6.45) is 7.84. The van der Waals surface area contributed by atoms with Gasteiger partial charge in [0, 0.05) is 18.3 Å². The van der Waals surface area contributed by atoms with Gasteiger partial charge in [0.25, 0.3) is 0 Å². The van der Waals surface area contributed by atoms with Crippen LogP contribution >= 0.6 is 0 Å². The smallest absolute Gasteiger partial charge is 0.247 e. The van der Waals surface area contributed by atoms with E-state index in [1.807, 2.05) is 24.3 Å². The molecule has 1 aromatic rings. The average Bonchev–Trinajstić information content (AvgIpc) is 3.13. The van der Waals surface area contributed by atoms with Crippen molar-refractivity contribution in [3.8, 4) is 0 Å². The van der Waals surface area contributed by atoms with Gasteiger partial charge in [0.2, 0.25) is 17.7 Å². The van der Waals surface area contributed by atoms with Gasteiger partial charge in [0.05, 0.1) is 18.7 Å². The molecule has 8 nitrogen and oxygen atoms in total. The largest absolute Gasteiger partial charge is 0.358 e. The van der Waals surface area contributed by atoms with Crippen molar-refractivity contribution in [3.63, 3.8) is 0 Å². The number of carbonyl (C=O) groups excluding carboxylic acids is 3. The first kappa shape index (κ1) is 27.1. The first-order valence-electron chi connectivity index (χ1n) is 13.4. The Labute approximate surface area is 219 Å². The van der Waals surface area contributed by atoms with Crippen molar-refractivity contribution in [1.29, 1.82) is 0 Å². The van der Waals surface area contributed by atoms with E-state index in [0.717, 1.165) is 24.8 Å². The summed E-state index contributed by atoms with van der Waals surface area (Å²) in [7, 11) is 1.70. The molecule has 5 atom stereocenters. The monoisotopic (exact) mass is 508 g/mol. The zero-order valence-electron chi connectivity index (χ0n) is 22.0. The highest BCUT2D eigenvalue weighted by Crippen LogP contribution is 2.48. The zero-order chi connectivity index (χ0) is 26.6. The molecular formula is C29H40N4O4. The van der Waals surface area contributed by atoms with E-state index in [9.17, 15) is 14.4 Å². The molecule has 1 aromatic carbocycles. The molecule has 3 N–H and O–H groups in total. The van der Waals surface area contributed by atoms with Crippen LogP contribution in [-0.2, 0) is 25.5 Å². The minimum atomic E-state index is -0.769. The summed E-state index contributed by atoms with van der Waals surface area (Å²) in [4.78, 5) is 42.3. The minimum Gasteiger partial charge on any atom is -0.358 e. The van der Waals surface area contributed by atoms with E-state index in [1.165, 1.54) is 5.56 Å². The van der Waals surface area contributed by atoms with Crippen LogP contribution in [0.2, 0.25) is 0 Å². The van der Waals surface area contributed by atoms with Crippen LogP contribution in [0.15, 0.2) is 49.6 Å². The van der Waals surface area contributed by atoms with Crippen LogP contribution in [0.3, 0.4) is 0 Å². The number of amides is 3. The van der Waals surface area contributed by atoms with Gasteiger partial charge >= 0.3 is 0 Å². The number of aryl methyl sites for hydroxylation is 1. The second-order valence-corrected chi connectivity index (χ2v) is 10.5. The summed E-state index contributed by atoms with van der Waals surface area (Å²) in [6, 6.07) is 6.13. The van der Waals surface area contributed by atoms with Crippen molar-refractivity contribution in [3.05, 3.63) is 60.7 Å². The maximum atomic E-state index is 14.2. The third-order valence-corrected chi connectivity index (χ3v) is 8.20. The number of carbonyl (C=O) groups is 3. The Morgan fingerprint density at radius 2 is 1.89 bits per heavy atom. The van der Waals surface area contributed by atoms with Crippen molar-refractivity contribution in [1.82, 2.24) is 20.9 Å². The fraction of sp³-hybridized carbons (Fsp3) is 0.552. The summed E-state index contributed by atoms with van der Waals surface area (Å²) in [6.45, 7) is 9.96. The molecule has 3 amide bonds. The van der Waals surface area contributed by atoms with Crippen molar-refractivity contribution < 1.29 is 19.1 Å². The predicted molar refractivity (Wildman–Crippen MR) is 142 cm³/mol. The van der Waals surface area contributed by atoms with E-state index in [1.54, 1.807) is 18.9 Å². The van der Waals surface area contributed by atoms with Crippen LogP contribution in [0, 0.1) is 5.41 Å². The Kier molecular flexibility index (Phi) is 8.49. The molecule has 2 saturated heterocycles. The number of hydrogen-bond donors (Lipinski definition) is 3. The third kappa shape index (κ3) is 5.36. The molecule has 8 heteroatoms. The average molecular weight is 509 g/mol. The van der Waals surface area contributed by atoms with Gasteiger partial charge in [-0.25, -0.2) is 0 Å². The number of benzene rings is 1. The van der Waals surface area contributed by atoms with Crippen molar-refractivity contribution in [2.45, 2.75) is 82.3 Å². The van der Waals surface area contributed by atoms with Gasteiger partial charge in [0.1, 0.15) is 18.3 Å². The minimum absolute atomic E-state index is 0.114. The lowest BCUT2D eigenvalue weighted by molar-refractivity contribution is -0.150. The lowest BCUT2D eigenvalue weighted by Gasteiger charge is -2.38. The molecule has 0 radical (unpaired) electrons. The Morgan fingerprint density at radius 3 is 2.59 bits per heavy atom. The number of hydrogen-bond acceptors (Lipinski definition) is 5. The number of allylic oxidation sites excluding steroid dienone is 2.